The topological polar surface area (TPSA) is 44.7 Å². The maximum Gasteiger partial charge on any atom is 0.0645 e. The van der Waals surface area contributed by atoms with Gasteiger partial charge in [0.2, 0.25) is 0 Å². The molecule has 14 heavy (non-hydrogen) atoms. The molecule has 0 amide bonds. The highest BCUT2D eigenvalue weighted by molar-refractivity contribution is 4.86. The van der Waals surface area contributed by atoms with Crippen LogP contribution >= 0.6 is 0 Å². The van der Waals surface area contributed by atoms with Crippen molar-refractivity contribution in [3.63, 3.8) is 0 Å². The number of hydrogen-bond acceptors (Lipinski definition) is 4. The second-order valence-electron chi connectivity index (χ2n) is 4.48. The Morgan fingerprint density at radius 1 is 1.57 bits per heavy atom. The Morgan fingerprint density at radius 3 is 2.79 bits per heavy atom. The monoisotopic (exact) mass is 202 g/mol. The Labute approximate surface area is 86.2 Å². The van der Waals surface area contributed by atoms with Crippen LogP contribution in [0.4, 0.5) is 0 Å². The smallest absolute Gasteiger partial charge is 0.0645 e. The van der Waals surface area contributed by atoms with Crippen LogP contribution in [-0.4, -0.2) is 61.5 Å². The third kappa shape index (κ3) is 2.92. The first-order chi connectivity index (χ1) is 6.60. The zero-order chi connectivity index (χ0) is 10.6. The Balaban J connectivity index is 2.48. The Morgan fingerprint density at radius 2 is 2.29 bits per heavy atom. The molecule has 0 aromatic carbocycles. The minimum atomic E-state index is 0.0858. The summed E-state index contributed by atoms with van der Waals surface area (Å²) in [6.07, 6.45) is 0. The van der Waals surface area contributed by atoms with Gasteiger partial charge in [-0.2, -0.15) is 0 Å². The molecule has 1 aliphatic heterocycles. The maximum absolute atomic E-state index is 9.11. The Bertz CT molecular complexity index is 170. The van der Waals surface area contributed by atoms with Crippen molar-refractivity contribution in [2.45, 2.75) is 25.4 Å². The van der Waals surface area contributed by atoms with Crippen molar-refractivity contribution in [1.82, 2.24) is 10.2 Å². The van der Waals surface area contributed by atoms with E-state index >= 15 is 0 Å². The highest BCUT2D eigenvalue weighted by atomic mass is 16.5. The number of ether oxygens (including phenoxy) is 1. The molecule has 0 aliphatic carbocycles. The van der Waals surface area contributed by atoms with Crippen molar-refractivity contribution in [2.24, 2.45) is 0 Å². The van der Waals surface area contributed by atoms with Crippen molar-refractivity contribution in [3.8, 4) is 0 Å². The normalized spacial score (nSPS) is 24.9. The van der Waals surface area contributed by atoms with Crippen LogP contribution < -0.4 is 5.32 Å². The largest absolute Gasteiger partial charge is 0.395 e. The lowest BCUT2D eigenvalue weighted by atomic mass is 10.0. The lowest BCUT2D eigenvalue weighted by Crippen LogP contribution is -2.57. The molecule has 0 spiro atoms. The van der Waals surface area contributed by atoms with Crippen molar-refractivity contribution >= 4 is 0 Å². The molecule has 0 saturated carbocycles. The minimum absolute atomic E-state index is 0.0858. The molecule has 0 radical (unpaired) electrons. The lowest BCUT2D eigenvalue weighted by Gasteiger charge is -2.43. The summed E-state index contributed by atoms with van der Waals surface area (Å²) in [7, 11) is 1.88. The first kappa shape index (κ1) is 11.9. The third-order valence-corrected chi connectivity index (χ3v) is 2.89. The maximum atomic E-state index is 9.11. The van der Waals surface area contributed by atoms with Crippen LogP contribution in [-0.2, 0) is 4.74 Å². The van der Waals surface area contributed by atoms with Crippen molar-refractivity contribution in [1.29, 1.82) is 0 Å². The lowest BCUT2D eigenvalue weighted by molar-refractivity contribution is -0.0561. The van der Waals surface area contributed by atoms with Crippen molar-refractivity contribution in [2.75, 3.05) is 40.0 Å². The van der Waals surface area contributed by atoms with Gasteiger partial charge in [-0.1, -0.05) is 0 Å². The molecule has 84 valence electrons. The molecule has 0 bridgehead atoms. The first-order valence-electron chi connectivity index (χ1n) is 5.21. The molecule has 1 fully saturated rings. The van der Waals surface area contributed by atoms with E-state index < -0.39 is 0 Å². The summed E-state index contributed by atoms with van der Waals surface area (Å²) in [6, 6.07) is 0.160. The second-order valence-corrected chi connectivity index (χ2v) is 4.48. The highest BCUT2D eigenvalue weighted by Gasteiger charge is 2.31. The summed E-state index contributed by atoms with van der Waals surface area (Å²) in [6.45, 7) is 7.94. The number of hydrogen-bond donors (Lipinski definition) is 2. The van der Waals surface area contributed by atoms with Gasteiger partial charge in [0.05, 0.1) is 19.8 Å². The number of morpholine rings is 1. The molecule has 1 unspecified atom stereocenters. The van der Waals surface area contributed by atoms with Gasteiger partial charge in [-0.15, -0.1) is 0 Å². The zero-order valence-corrected chi connectivity index (χ0v) is 9.42. The molecule has 1 aliphatic rings. The number of nitrogens with one attached hydrogen (secondary N) is 1. The molecule has 4 heteroatoms. The van der Waals surface area contributed by atoms with E-state index in [2.05, 4.69) is 24.1 Å². The molecular weight excluding hydrogens is 180 g/mol. The van der Waals surface area contributed by atoms with Gasteiger partial charge in [0.15, 0.2) is 0 Å². The summed E-state index contributed by atoms with van der Waals surface area (Å²) in [5, 5.41) is 12.2. The number of nitrogens with zero attached hydrogens (tertiary/aromatic N) is 1. The van der Waals surface area contributed by atoms with Gasteiger partial charge in [-0.05, 0) is 20.9 Å². The molecule has 1 heterocycles. The minimum Gasteiger partial charge on any atom is -0.395 e. The van der Waals surface area contributed by atoms with E-state index in [1.807, 2.05) is 7.05 Å². The van der Waals surface area contributed by atoms with Crippen LogP contribution in [0.25, 0.3) is 0 Å². The summed E-state index contributed by atoms with van der Waals surface area (Å²) >= 11 is 0. The van der Waals surface area contributed by atoms with Crippen LogP contribution in [0, 0.1) is 0 Å². The van der Waals surface area contributed by atoms with Gasteiger partial charge in [0, 0.05) is 24.7 Å². The van der Waals surface area contributed by atoms with E-state index in [0.29, 0.717) is 0 Å². The average molecular weight is 202 g/mol. The SMILES string of the molecule is CNC(CO)CN1CCOCC1(C)C. The predicted molar refractivity (Wildman–Crippen MR) is 56.4 cm³/mol. The molecule has 1 saturated heterocycles. The van der Waals surface area contributed by atoms with Crippen LogP contribution in [0.3, 0.4) is 0 Å². The molecule has 0 aromatic rings. The number of rotatable bonds is 4. The number of likely N-dealkylation sites (N-methyl/N-ethyl adjacent to an activating group) is 1. The summed E-state index contributed by atoms with van der Waals surface area (Å²) in [5.74, 6) is 0. The summed E-state index contributed by atoms with van der Waals surface area (Å²) < 4.78 is 5.44. The van der Waals surface area contributed by atoms with Gasteiger partial charge in [0.25, 0.3) is 0 Å². The standard InChI is InChI=1S/C10H22N2O2/c1-10(2)8-14-5-4-12(10)6-9(7-13)11-3/h9,11,13H,4-8H2,1-3H3. The van der Waals surface area contributed by atoms with Crippen molar-refractivity contribution < 1.29 is 9.84 Å². The molecule has 1 atom stereocenters. The van der Waals surface area contributed by atoms with E-state index in [0.717, 1.165) is 26.3 Å². The fraction of sp³-hybridized carbons (Fsp3) is 1.00. The van der Waals surface area contributed by atoms with Crippen LogP contribution in [0.15, 0.2) is 0 Å². The summed E-state index contributed by atoms with van der Waals surface area (Å²) in [5.41, 5.74) is 0.0858. The van der Waals surface area contributed by atoms with E-state index in [1.54, 1.807) is 0 Å². The fourth-order valence-electron chi connectivity index (χ4n) is 1.74. The van der Waals surface area contributed by atoms with E-state index in [1.165, 1.54) is 0 Å². The van der Waals surface area contributed by atoms with Crippen LogP contribution in [0.1, 0.15) is 13.8 Å². The first-order valence-corrected chi connectivity index (χ1v) is 5.21. The van der Waals surface area contributed by atoms with Crippen LogP contribution in [0.5, 0.6) is 0 Å². The van der Waals surface area contributed by atoms with Gasteiger partial charge in [0.1, 0.15) is 0 Å². The van der Waals surface area contributed by atoms with Gasteiger partial charge in [-0.3, -0.25) is 4.90 Å². The molecular formula is C10H22N2O2. The van der Waals surface area contributed by atoms with Crippen LogP contribution in [0.2, 0.25) is 0 Å². The molecule has 0 aromatic heterocycles. The van der Waals surface area contributed by atoms with E-state index in [9.17, 15) is 0 Å². The molecule has 2 N–H and O–H groups in total. The highest BCUT2D eigenvalue weighted by Crippen LogP contribution is 2.18. The molecule has 4 nitrogen and oxygen atoms in total. The fourth-order valence-corrected chi connectivity index (χ4v) is 1.74. The van der Waals surface area contributed by atoms with Gasteiger partial charge < -0.3 is 15.2 Å². The molecule has 1 rings (SSSR count). The Kier molecular flexibility index (Phi) is 4.31. The summed E-state index contributed by atoms with van der Waals surface area (Å²) in [4.78, 5) is 2.37. The quantitative estimate of drug-likeness (QED) is 0.656. The number of aliphatic hydroxyl groups excluding tert-OH is 1. The Hall–Kier alpha value is -0.160. The van der Waals surface area contributed by atoms with Gasteiger partial charge >= 0.3 is 0 Å². The average Bonchev–Trinajstić information content (AvgIpc) is 2.16. The van der Waals surface area contributed by atoms with E-state index in [-0.39, 0.29) is 18.2 Å². The van der Waals surface area contributed by atoms with Gasteiger partial charge in [-0.25, -0.2) is 0 Å². The number of aliphatic hydroxyl groups is 1. The predicted octanol–water partition coefficient (Wildman–Crippen LogP) is -0.323. The zero-order valence-electron chi connectivity index (χ0n) is 9.42. The van der Waals surface area contributed by atoms with E-state index in [4.69, 9.17) is 9.84 Å². The third-order valence-electron chi connectivity index (χ3n) is 2.89. The van der Waals surface area contributed by atoms with Crippen molar-refractivity contribution in [3.05, 3.63) is 0 Å². The second kappa shape index (κ2) is 5.07.